The summed E-state index contributed by atoms with van der Waals surface area (Å²) in [6.07, 6.45) is 8.97. The molecular weight excluding hydrogens is 1890 g/mol. The topological polar surface area (TPSA) is 513 Å². The number of carbonyl (C=O) groups excluding carboxylic acids is 4. The molecule has 0 bridgehead atoms. The summed E-state index contributed by atoms with van der Waals surface area (Å²) in [5, 5.41) is 11.5. The number of Topliss-reactive ketones (excluding diaryl/α,β-unsaturated/α-hetero) is 1. The van der Waals surface area contributed by atoms with Gasteiger partial charge in [0.05, 0.1) is 92.3 Å². The van der Waals surface area contributed by atoms with Crippen molar-refractivity contribution in [3.8, 4) is 69.0 Å². The Labute approximate surface area is 841 Å². The molecule has 774 valence electrons. The number of para-hydroxylation sites is 3. The number of nitrogens with zero attached hydrogens (tertiary/aromatic N) is 15. The minimum absolute atomic E-state index is 0.00978. The molecule has 5 aromatic heterocycles. The van der Waals surface area contributed by atoms with Gasteiger partial charge in [0.2, 0.25) is 39.9 Å². The van der Waals surface area contributed by atoms with Gasteiger partial charge >= 0.3 is 0 Å². The molecular formula is C102H129N21O21S. The van der Waals surface area contributed by atoms with E-state index in [1.54, 1.807) is 146 Å². The number of anilines is 8. The minimum Gasteiger partial charge on any atom is -0.495 e. The van der Waals surface area contributed by atoms with Crippen molar-refractivity contribution in [2.45, 2.75) is 107 Å². The van der Waals surface area contributed by atoms with Crippen LogP contribution in [0.5, 0.6) is 69.0 Å². The Balaban J connectivity index is 0.000000144. The first kappa shape index (κ1) is 106. The van der Waals surface area contributed by atoms with Crippen LogP contribution in [0.25, 0.3) is 43.6 Å². The van der Waals surface area contributed by atoms with Gasteiger partial charge in [0.25, 0.3) is 17.7 Å². The number of nitrogens with two attached hydrogens (primary N) is 5. The first-order chi connectivity index (χ1) is 70.1. The number of methoxy groups -OCH3 is 9. The van der Waals surface area contributed by atoms with Crippen molar-refractivity contribution < 1.29 is 98.3 Å². The van der Waals surface area contributed by atoms with Gasteiger partial charge in [-0.3, -0.25) is 19.2 Å². The third-order valence-corrected chi connectivity index (χ3v) is 26.3. The zero-order chi connectivity index (χ0) is 103. The highest BCUT2D eigenvalue weighted by Gasteiger charge is 2.36. The Kier molecular flexibility index (Phi) is 36.4. The Morgan fingerprint density at radius 1 is 0.483 bits per heavy atom. The standard InChI is InChI=1S/C23H25N5O5.C21H30N2O4S.C20H28N4O4.C19H25N5O4.C19H21N5O4/c1-30-18-11-14-15(12-19(18)31-2)25-23(26-21(14)24)28-9-7-27(8-10-28)22(29)20-13-32-16-5-3-4-6-17(16)33-20;1-4-7-18-8-5-6-9-19(18)27-13-12-23-16(2)14-17-10-11-20(26-3)21(15-17)28(22,24)25;1-24(9-5-4-7-15(25)16-8-6-10-28-16)20-22-14-12-18(27-3)17(26-2)11-13(14)19(21)23-20;2*1-26-15-10-12-13(11-16(15)27-2)21-19(22-17(12)20)24-7-5-23(6-8-24)18(25)14-4-3-9-28-14/h3-6,11-12,20H,7-10,13H2,1-2H3,(H2,24,25,26);5-6,8-11,15-16,23H,4,7,12-14H2,1-3H3,(H2,22,24,25);11-12,16H,4-10H2,1-3H3,(H2,21,22,23);10-11,14H,3-9H2,1-2H3,(H2,20,21,22);3-4,9-11H,5-8H2,1-2H3,(H2,20,21,22)/t;16-;;;/m.1.../s1. The number of aryl methyl sites for hydroxylation is 1. The number of fused-ring (bicyclic) bond motifs is 5. The number of ether oxygens (including phenoxy) is 14. The number of piperazine rings is 3. The fourth-order valence-electron chi connectivity index (χ4n) is 17.5. The van der Waals surface area contributed by atoms with Crippen LogP contribution in [-0.4, -0.2) is 300 Å². The van der Waals surface area contributed by atoms with Crippen molar-refractivity contribution in [3.05, 3.63) is 151 Å². The molecule has 18 rings (SSSR count). The van der Waals surface area contributed by atoms with Crippen LogP contribution >= 0.6 is 0 Å². The van der Waals surface area contributed by atoms with E-state index < -0.39 is 16.1 Å². The number of carbonyl (C=O) groups is 4. The lowest BCUT2D eigenvalue weighted by molar-refractivity contribution is -0.142. The number of primary sulfonamides is 1. The van der Waals surface area contributed by atoms with Gasteiger partial charge in [0.1, 0.15) is 65.1 Å². The molecule has 7 aromatic carbocycles. The summed E-state index contributed by atoms with van der Waals surface area (Å²) in [6.45, 7) is 14.8. The molecule has 5 fully saturated rings. The molecule has 145 heavy (non-hydrogen) atoms. The second kappa shape index (κ2) is 49.8. The number of benzene rings is 7. The maximum Gasteiger partial charge on any atom is 0.289 e. The second-order valence-corrected chi connectivity index (χ2v) is 36.5. The normalized spacial score (nSPS) is 16.2. The molecule has 3 unspecified atom stereocenters. The Hall–Kier alpha value is -15.0. The summed E-state index contributed by atoms with van der Waals surface area (Å²) in [6, 6.07) is 38.3. The number of amides is 3. The van der Waals surface area contributed by atoms with Gasteiger partial charge in [0.15, 0.2) is 69.0 Å². The van der Waals surface area contributed by atoms with E-state index in [1.807, 2.05) is 80.9 Å². The number of nitrogen functional groups attached to an aromatic ring is 4. The molecule has 42 nitrogen and oxygen atoms in total. The molecule has 0 spiro atoms. The van der Waals surface area contributed by atoms with Crippen LogP contribution in [0, 0.1) is 0 Å². The van der Waals surface area contributed by atoms with E-state index in [9.17, 15) is 27.6 Å². The van der Waals surface area contributed by atoms with Crippen molar-refractivity contribution in [1.29, 1.82) is 0 Å². The monoisotopic (exact) mass is 2020 g/mol. The Bertz CT molecular complexity index is 6580. The highest BCUT2D eigenvalue weighted by atomic mass is 32.2. The van der Waals surface area contributed by atoms with E-state index in [0.717, 1.165) is 74.6 Å². The molecule has 5 saturated heterocycles. The lowest BCUT2D eigenvalue weighted by atomic mass is 10.1. The first-order valence-corrected chi connectivity index (χ1v) is 49.6. The van der Waals surface area contributed by atoms with E-state index in [-0.39, 0.29) is 59.0 Å². The zero-order valence-corrected chi connectivity index (χ0v) is 84.7. The highest BCUT2D eigenvalue weighted by Crippen LogP contribution is 2.41. The van der Waals surface area contributed by atoms with Crippen LogP contribution in [0.2, 0.25) is 0 Å². The minimum atomic E-state index is -3.83. The number of unbranched alkanes of at least 4 members (excludes halogenated alkanes) is 1. The summed E-state index contributed by atoms with van der Waals surface area (Å²) in [5.41, 5.74) is 29.5. The quantitative estimate of drug-likeness (QED) is 0.0213. The van der Waals surface area contributed by atoms with Crippen LogP contribution in [0.1, 0.15) is 86.9 Å². The van der Waals surface area contributed by atoms with Gasteiger partial charge < -0.3 is 133 Å². The molecule has 12 aromatic rings. The van der Waals surface area contributed by atoms with E-state index >= 15 is 0 Å². The van der Waals surface area contributed by atoms with Crippen molar-refractivity contribution >= 4 is 124 Å². The van der Waals surface area contributed by atoms with E-state index in [2.05, 4.69) is 58.2 Å². The van der Waals surface area contributed by atoms with E-state index in [1.165, 1.54) is 18.9 Å². The Morgan fingerprint density at radius 2 is 0.924 bits per heavy atom. The largest absolute Gasteiger partial charge is 0.495 e. The van der Waals surface area contributed by atoms with Crippen LogP contribution in [0.3, 0.4) is 0 Å². The molecule has 6 aliphatic rings. The highest BCUT2D eigenvalue weighted by molar-refractivity contribution is 7.89. The number of nitrogens with one attached hydrogen (secondary N) is 1. The molecule has 43 heteroatoms. The van der Waals surface area contributed by atoms with Crippen LogP contribution < -0.4 is 110 Å². The van der Waals surface area contributed by atoms with Crippen molar-refractivity contribution in [3.63, 3.8) is 0 Å². The summed E-state index contributed by atoms with van der Waals surface area (Å²) in [7, 11) is 12.1. The maximum atomic E-state index is 13.0. The van der Waals surface area contributed by atoms with Gasteiger partial charge in [-0.2, -0.15) is 19.9 Å². The number of ketones is 1. The fraction of sp³-hybridized carbons (Fsp3) is 0.431. The molecule has 4 atom stereocenters. The summed E-state index contributed by atoms with van der Waals surface area (Å²) in [4.78, 5) is 99.8. The van der Waals surface area contributed by atoms with Gasteiger partial charge in [-0.05, 0) is 136 Å². The summed E-state index contributed by atoms with van der Waals surface area (Å²) >= 11 is 0. The van der Waals surface area contributed by atoms with Crippen LogP contribution in [0.15, 0.2) is 143 Å². The molecule has 11 N–H and O–H groups in total. The predicted octanol–water partition coefficient (Wildman–Crippen LogP) is 10.0. The molecule has 3 amide bonds. The van der Waals surface area contributed by atoms with Crippen molar-refractivity contribution in [2.75, 3.05) is 232 Å². The number of hydrogen-bond donors (Lipinski definition) is 6. The van der Waals surface area contributed by atoms with Gasteiger partial charge in [-0.15, -0.1) is 0 Å². The number of aromatic nitrogens is 8. The summed E-state index contributed by atoms with van der Waals surface area (Å²) in [5.74, 6) is 11.2. The van der Waals surface area contributed by atoms with Crippen molar-refractivity contribution in [1.82, 2.24) is 59.9 Å². The number of hydrogen-bond acceptors (Lipinski definition) is 38. The fourth-order valence-corrected chi connectivity index (χ4v) is 18.3. The zero-order valence-electron chi connectivity index (χ0n) is 83.9. The third-order valence-electron chi connectivity index (χ3n) is 25.4. The lowest BCUT2D eigenvalue weighted by Gasteiger charge is -2.37. The predicted molar refractivity (Wildman–Crippen MR) is 551 cm³/mol. The molecule has 0 saturated carbocycles. The molecule has 0 radical (unpaired) electrons. The van der Waals surface area contributed by atoms with Gasteiger partial charge in [-0.25, -0.2) is 33.5 Å². The lowest BCUT2D eigenvalue weighted by Crippen LogP contribution is -2.54. The molecule has 11 heterocycles. The van der Waals surface area contributed by atoms with E-state index in [4.69, 9.17) is 98.8 Å². The SMILES string of the molecule is CCCc1ccccc1OCCN[C@H](C)Cc1ccc(OC)c(S(N)(=O)=O)c1.COc1cc2nc(N(C)CCCCC(=O)C3CCCO3)nc(N)c2cc1OC.COc1cc2nc(N3CCN(C(=O)C4CCCO4)CC3)nc(N)c2cc1OC.COc1cc2nc(N3CCN(C(=O)C4COc5ccccc5O4)CC3)nc(N)c2cc1OC.COc1cc2nc(N3CCN(C(=O)c4ccco4)CC3)nc(N)c2cc1OC. The average molecular weight is 2020 g/mol. The van der Waals surface area contributed by atoms with Crippen molar-refractivity contribution in [2.24, 2.45) is 5.14 Å². The van der Waals surface area contributed by atoms with Gasteiger partial charge in [0, 0.05) is 170 Å². The second-order valence-electron chi connectivity index (χ2n) is 34.9. The molecule has 6 aliphatic heterocycles. The van der Waals surface area contributed by atoms with E-state index in [0.29, 0.717) is 266 Å². The Morgan fingerprint density at radius 3 is 1.38 bits per heavy atom. The van der Waals surface area contributed by atoms with Crippen LogP contribution in [0.4, 0.5) is 47.1 Å². The number of furan rings is 1. The maximum absolute atomic E-state index is 13.0. The average Bonchev–Trinajstić information content (AvgIpc) is 1.31. The first-order valence-electron chi connectivity index (χ1n) is 48.1. The summed E-state index contributed by atoms with van der Waals surface area (Å²) < 4.78 is 105. The number of sulfonamides is 1. The smallest absolute Gasteiger partial charge is 0.289 e. The van der Waals surface area contributed by atoms with Gasteiger partial charge in [-0.1, -0.05) is 49.7 Å². The van der Waals surface area contributed by atoms with Crippen LogP contribution in [-0.2, 0) is 46.7 Å². The third kappa shape index (κ3) is 26.4. The number of rotatable bonds is 32. The molecule has 0 aliphatic carbocycles.